The molecule has 0 bridgehead atoms. The lowest BCUT2D eigenvalue weighted by Crippen LogP contribution is -2.52. The normalized spacial score (nSPS) is 24.7. The topological polar surface area (TPSA) is 82.9 Å². The lowest BCUT2D eigenvalue weighted by Gasteiger charge is -2.47. The quantitative estimate of drug-likeness (QED) is 0.379. The van der Waals surface area contributed by atoms with Crippen LogP contribution in [0.5, 0.6) is 5.75 Å². The van der Waals surface area contributed by atoms with Crippen LogP contribution in [-0.4, -0.2) is 52.3 Å². The van der Waals surface area contributed by atoms with E-state index in [4.69, 9.17) is 4.74 Å². The van der Waals surface area contributed by atoms with Gasteiger partial charge in [0.2, 0.25) is 0 Å². The van der Waals surface area contributed by atoms with Crippen molar-refractivity contribution in [2.45, 2.75) is 50.2 Å². The standard InChI is InChI=1S/C29H31F3N2O4/c1-38-20-3-4-26-23(14-20)21(6-8-33-26)27(35)5-2-16-7-9-34(15-24(16)29(36)37)19-10-17(11-19)22-12-18(30)13-25(31)28(22)32/h3-4,6,8,12-14,16-17,19,24,27,35H,2,5,7,9-11,15H2,1H3,(H,36,37)/t16-,17?,19?,24+,27+/m1/s1. The molecule has 1 saturated carbocycles. The second-order valence-electron chi connectivity index (χ2n) is 10.5. The summed E-state index contributed by atoms with van der Waals surface area (Å²) >= 11 is 0. The number of fused-ring (bicyclic) bond motifs is 1. The summed E-state index contributed by atoms with van der Waals surface area (Å²) in [6, 6.07) is 8.93. The highest BCUT2D eigenvalue weighted by Crippen LogP contribution is 2.43. The van der Waals surface area contributed by atoms with Gasteiger partial charge in [0.15, 0.2) is 11.6 Å². The number of carboxylic acid groups (broad SMARTS) is 1. The molecule has 1 aliphatic heterocycles. The van der Waals surface area contributed by atoms with E-state index in [1.165, 1.54) is 0 Å². The Morgan fingerprint density at radius 2 is 1.97 bits per heavy atom. The van der Waals surface area contributed by atoms with Crippen molar-refractivity contribution in [1.82, 2.24) is 9.88 Å². The number of hydrogen-bond donors (Lipinski definition) is 2. The molecule has 2 aromatic carbocycles. The van der Waals surface area contributed by atoms with Gasteiger partial charge in [-0.1, -0.05) is 0 Å². The number of methoxy groups -OCH3 is 1. The fourth-order valence-corrected chi connectivity index (χ4v) is 6.09. The third-order valence-corrected chi connectivity index (χ3v) is 8.35. The molecule has 0 spiro atoms. The minimum absolute atomic E-state index is 0.0530. The number of piperidine rings is 1. The first-order valence-corrected chi connectivity index (χ1v) is 13.0. The summed E-state index contributed by atoms with van der Waals surface area (Å²) in [7, 11) is 1.58. The third kappa shape index (κ3) is 5.22. The van der Waals surface area contributed by atoms with Crippen molar-refractivity contribution in [2.24, 2.45) is 11.8 Å². The Kier molecular flexibility index (Phi) is 7.59. The summed E-state index contributed by atoms with van der Waals surface area (Å²) in [6.07, 6.45) is 3.60. The highest BCUT2D eigenvalue weighted by atomic mass is 19.2. The Labute approximate surface area is 219 Å². The molecule has 0 amide bonds. The highest BCUT2D eigenvalue weighted by molar-refractivity contribution is 5.83. The predicted molar refractivity (Wildman–Crippen MR) is 135 cm³/mol. The minimum Gasteiger partial charge on any atom is -0.497 e. The second kappa shape index (κ2) is 10.9. The summed E-state index contributed by atoms with van der Waals surface area (Å²) < 4.78 is 46.7. The van der Waals surface area contributed by atoms with Crippen LogP contribution in [0, 0.1) is 29.3 Å². The Bertz CT molecular complexity index is 1330. The van der Waals surface area contributed by atoms with Crippen molar-refractivity contribution >= 4 is 16.9 Å². The Hall–Kier alpha value is -3.17. The van der Waals surface area contributed by atoms with Gasteiger partial charge in [-0.3, -0.25) is 14.7 Å². The second-order valence-corrected chi connectivity index (χ2v) is 10.5. The first-order chi connectivity index (χ1) is 18.2. The molecule has 0 radical (unpaired) electrons. The number of aliphatic hydroxyl groups excluding tert-OH is 1. The van der Waals surface area contributed by atoms with Crippen LogP contribution >= 0.6 is 0 Å². The largest absolute Gasteiger partial charge is 0.497 e. The van der Waals surface area contributed by atoms with E-state index < -0.39 is 35.4 Å². The number of carbonyl (C=O) groups is 1. The summed E-state index contributed by atoms with van der Waals surface area (Å²) in [4.78, 5) is 18.6. The van der Waals surface area contributed by atoms with Crippen LogP contribution in [-0.2, 0) is 4.79 Å². The molecule has 38 heavy (non-hydrogen) atoms. The van der Waals surface area contributed by atoms with Gasteiger partial charge in [0.05, 0.1) is 24.6 Å². The average Bonchev–Trinajstić information content (AvgIpc) is 2.88. The monoisotopic (exact) mass is 528 g/mol. The molecule has 5 rings (SSSR count). The molecule has 3 aromatic rings. The van der Waals surface area contributed by atoms with Gasteiger partial charge in [-0.2, -0.15) is 0 Å². The van der Waals surface area contributed by atoms with Gasteiger partial charge < -0.3 is 14.9 Å². The molecular formula is C29H31F3N2O4. The summed E-state index contributed by atoms with van der Waals surface area (Å²) in [5, 5.41) is 21.8. The van der Waals surface area contributed by atoms with Crippen LogP contribution in [0.25, 0.3) is 10.9 Å². The van der Waals surface area contributed by atoms with Gasteiger partial charge >= 0.3 is 5.97 Å². The molecule has 2 fully saturated rings. The Morgan fingerprint density at radius 1 is 1.18 bits per heavy atom. The summed E-state index contributed by atoms with van der Waals surface area (Å²) in [5.41, 5.74) is 1.54. The molecule has 2 N–H and O–H groups in total. The molecule has 9 heteroatoms. The summed E-state index contributed by atoms with van der Waals surface area (Å²) in [6.45, 7) is 1.06. The minimum atomic E-state index is -1.18. The maximum absolute atomic E-state index is 14.2. The fraction of sp³-hybridized carbons (Fsp3) is 0.448. The van der Waals surface area contributed by atoms with E-state index >= 15 is 0 Å². The third-order valence-electron chi connectivity index (χ3n) is 8.35. The highest BCUT2D eigenvalue weighted by Gasteiger charge is 2.42. The fourth-order valence-electron chi connectivity index (χ4n) is 6.09. The van der Waals surface area contributed by atoms with Crippen LogP contribution in [0.4, 0.5) is 13.2 Å². The molecule has 2 aliphatic rings. The molecule has 6 nitrogen and oxygen atoms in total. The van der Waals surface area contributed by atoms with E-state index in [9.17, 15) is 28.2 Å². The van der Waals surface area contributed by atoms with Gasteiger partial charge in [0, 0.05) is 30.2 Å². The predicted octanol–water partition coefficient (Wildman–Crippen LogP) is 5.44. The van der Waals surface area contributed by atoms with E-state index in [0.29, 0.717) is 57.0 Å². The molecule has 1 aromatic heterocycles. The number of carboxylic acids is 1. The van der Waals surface area contributed by atoms with E-state index in [2.05, 4.69) is 9.88 Å². The van der Waals surface area contributed by atoms with Crippen LogP contribution in [0.1, 0.15) is 55.3 Å². The number of pyridine rings is 1. The van der Waals surface area contributed by atoms with Crippen molar-refractivity contribution in [2.75, 3.05) is 20.2 Å². The lowest BCUT2D eigenvalue weighted by atomic mass is 9.73. The number of ether oxygens (including phenoxy) is 1. The van der Waals surface area contributed by atoms with Gasteiger partial charge in [0.1, 0.15) is 11.6 Å². The number of benzene rings is 2. The van der Waals surface area contributed by atoms with E-state index in [-0.39, 0.29) is 23.4 Å². The number of halogens is 3. The molecular weight excluding hydrogens is 497 g/mol. The van der Waals surface area contributed by atoms with Crippen molar-refractivity contribution in [3.05, 3.63) is 71.2 Å². The van der Waals surface area contributed by atoms with E-state index in [1.807, 2.05) is 18.2 Å². The number of likely N-dealkylation sites (tertiary alicyclic amines) is 1. The van der Waals surface area contributed by atoms with E-state index in [1.54, 1.807) is 19.4 Å². The maximum Gasteiger partial charge on any atom is 0.308 e. The average molecular weight is 529 g/mol. The van der Waals surface area contributed by atoms with Crippen LogP contribution in [0.2, 0.25) is 0 Å². The van der Waals surface area contributed by atoms with Crippen molar-refractivity contribution in [3.63, 3.8) is 0 Å². The van der Waals surface area contributed by atoms with Crippen LogP contribution in [0.3, 0.4) is 0 Å². The van der Waals surface area contributed by atoms with Gasteiger partial charge in [-0.05, 0) is 91.9 Å². The maximum atomic E-state index is 14.2. The first-order valence-electron chi connectivity index (χ1n) is 13.0. The van der Waals surface area contributed by atoms with Crippen molar-refractivity contribution in [1.29, 1.82) is 0 Å². The number of hydrogen-bond acceptors (Lipinski definition) is 5. The zero-order valence-corrected chi connectivity index (χ0v) is 21.1. The molecule has 3 atom stereocenters. The first kappa shape index (κ1) is 26.4. The number of aromatic nitrogens is 1. The lowest BCUT2D eigenvalue weighted by molar-refractivity contribution is -0.147. The number of aliphatic carboxylic acids is 1. The van der Waals surface area contributed by atoms with Gasteiger partial charge in [-0.25, -0.2) is 13.2 Å². The SMILES string of the molecule is COc1ccc2nccc([C@@H](O)CC[C@@H]3CCN(C4CC(c5cc(F)cc(F)c5F)C4)C[C@@H]3C(=O)O)c2c1. The van der Waals surface area contributed by atoms with Crippen molar-refractivity contribution < 1.29 is 32.9 Å². The molecule has 202 valence electrons. The molecule has 1 saturated heterocycles. The zero-order chi connectivity index (χ0) is 27.0. The Balaban J connectivity index is 1.20. The van der Waals surface area contributed by atoms with Gasteiger partial charge in [-0.15, -0.1) is 0 Å². The molecule has 0 unspecified atom stereocenters. The summed E-state index contributed by atoms with van der Waals surface area (Å²) in [5.74, 6) is -4.15. The van der Waals surface area contributed by atoms with Crippen molar-refractivity contribution in [3.8, 4) is 5.75 Å². The van der Waals surface area contributed by atoms with E-state index in [0.717, 1.165) is 22.5 Å². The Morgan fingerprint density at radius 3 is 2.71 bits per heavy atom. The smallest absolute Gasteiger partial charge is 0.308 e. The number of aliphatic hydroxyl groups is 1. The van der Waals surface area contributed by atoms with Gasteiger partial charge in [0.25, 0.3) is 0 Å². The molecule has 2 heterocycles. The van der Waals surface area contributed by atoms with Crippen LogP contribution < -0.4 is 4.74 Å². The number of nitrogens with zero attached hydrogens (tertiary/aromatic N) is 2. The zero-order valence-electron chi connectivity index (χ0n) is 21.1. The molecule has 1 aliphatic carbocycles. The van der Waals surface area contributed by atoms with Crippen LogP contribution in [0.15, 0.2) is 42.6 Å². The number of rotatable bonds is 8.